The number of carbonyl (C=O) groups is 2. The second-order valence-corrected chi connectivity index (χ2v) is 5.72. The fourth-order valence-electron chi connectivity index (χ4n) is 2.34. The molecule has 4 heteroatoms. The van der Waals surface area contributed by atoms with Gasteiger partial charge in [0, 0.05) is 11.6 Å². The molecule has 2 aromatic carbocycles. The Morgan fingerprint density at radius 3 is 2.30 bits per heavy atom. The van der Waals surface area contributed by atoms with E-state index in [9.17, 15) is 9.59 Å². The van der Waals surface area contributed by atoms with Gasteiger partial charge in [0.25, 0.3) is 5.91 Å². The molecule has 23 heavy (non-hydrogen) atoms. The minimum atomic E-state index is -0.226. The summed E-state index contributed by atoms with van der Waals surface area (Å²) in [7, 11) is 0. The van der Waals surface area contributed by atoms with Crippen LogP contribution in [0.1, 0.15) is 35.3 Å². The molecule has 0 heterocycles. The maximum Gasteiger partial charge on any atom is 0.252 e. The molecule has 0 aromatic heterocycles. The molecule has 0 aliphatic carbocycles. The zero-order valence-electron chi connectivity index (χ0n) is 13.5. The van der Waals surface area contributed by atoms with Crippen LogP contribution in [0, 0.1) is 0 Å². The number of nitrogens with one attached hydrogen (secondary N) is 2. The van der Waals surface area contributed by atoms with Crippen molar-refractivity contribution in [2.75, 3.05) is 6.54 Å². The van der Waals surface area contributed by atoms with Crippen molar-refractivity contribution < 1.29 is 9.59 Å². The van der Waals surface area contributed by atoms with Crippen LogP contribution in [0.3, 0.4) is 0 Å². The molecule has 120 valence electrons. The third-order valence-electron chi connectivity index (χ3n) is 3.36. The van der Waals surface area contributed by atoms with Crippen molar-refractivity contribution in [3.63, 3.8) is 0 Å². The molecule has 0 unspecified atom stereocenters. The lowest BCUT2D eigenvalue weighted by molar-refractivity contribution is -0.120. The summed E-state index contributed by atoms with van der Waals surface area (Å²) in [5.74, 6) is -0.413. The van der Waals surface area contributed by atoms with Gasteiger partial charge in [-0.2, -0.15) is 0 Å². The van der Waals surface area contributed by atoms with E-state index in [-0.39, 0.29) is 24.4 Å². The van der Waals surface area contributed by atoms with Crippen LogP contribution >= 0.6 is 0 Å². The monoisotopic (exact) mass is 310 g/mol. The summed E-state index contributed by atoms with van der Waals surface area (Å²) < 4.78 is 0. The lowest BCUT2D eigenvalue weighted by Gasteiger charge is -2.12. The normalized spacial score (nSPS) is 10.4. The zero-order valence-corrected chi connectivity index (χ0v) is 13.5. The molecule has 0 atom stereocenters. The molecule has 0 fully saturated rings. The largest absolute Gasteiger partial charge is 0.352 e. The first-order chi connectivity index (χ1) is 11.1. The smallest absolute Gasteiger partial charge is 0.252 e. The van der Waals surface area contributed by atoms with Crippen molar-refractivity contribution in [3.05, 3.63) is 71.3 Å². The third kappa shape index (κ3) is 5.25. The van der Waals surface area contributed by atoms with E-state index in [0.29, 0.717) is 12.0 Å². The van der Waals surface area contributed by atoms with Gasteiger partial charge in [-0.3, -0.25) is 9.59 Å². The lowest BCUT2D eigenvalue weighted by atomic mass is 9.99. The predicted molar refractivity (Wildman–Crippen MR) is 91.3 cm³/mol. The minimum absolute atomic E-state index is 0.0172. The Kier molecular flexibility index (Phi) is 5.92. The summed E-state index contributed by atoms with van der Waals surface area (Å²) in [6.07, 6.45) is 0.683. The van der Waals surface area contributed by atoms with Crippen LogP contribution in [0.2, 0.25) is 0 Å². The first-order valence-corrected chi connectivity index (χ1v) is 7.75. The molecular formula is C19H22N2O2. The summed E-state index contributed by atoms with van der Waals surface area (Å²) in [6, 6.07) is 17.5. The zero-order chi connectivity index (χ0) is 16.7. The molecule has 0 radical (unpaired) electrons. The van der Waals surface area contributed by atoms with Crippen LogP contribution < -0.4 is 10.6 Å². The standard InChI is InChI=1S/C19H22N2O2/c1-14(2)21-18(22)13-20-19(23)17-11-7-6-10-16(17)12-15-8-4-3-5-9-15/h3-11,14H,12-13H2,1-2H3,(H,20,23)(H,21,22). The van der Waals surface area contributed by atoms with Crippen LogP contribution in [-0.2, 0) is 11.2 Å². The second kappa shape index (κ2) is 8.13. The van der Waals surface area contributed by atoms with Crippen LogP contribution in [-0.4, -0.2) is 24.4 Å². The molecule has 0 aliphatic rings. The minimum Gasteiger partial charge on any atom is -0.352 e. The molecule has 2 aromatic rings. The second-order valence-electron chi connectivity index (χ2n) is 5.72. The fraction of sp³-hybridized carbons (Fsp3) is 0.263. The van der Waals surface area contributed by atoms with Crippen LogP contribution in [0.5, 0.6) is 0 Å². The maximum absolute atomic E-state index is 12.4. The van der Waals surface area contributed by atoms with E-state index >= 15 is 0 Å². The molecule has 0 spiro atoms. The van der Waals surface area contributed by atoms with E-state index in [0.717, 1.165) is 11.1 Å². The molecule has 0 saturated heterocycles. The number of rotatable bonds is 6. The Bertz CT molecular complexity index is 666. The molecular weight excluding hydrogens is 288 g/mol. The van der Waals surface area contributed by atoms with Crippen molar-refractivity contribution >= 4 is 11.8 Å². The topological polar surface area (TPSA) is 58.2 Å². The van der Waals surface area contributed by atoms with Gasteiger partial charge in [0.15, 0.2) is 0 Å². The Labute approximate surface area is 136 Å². The van der Waals surface area contributed by atoms with Gasteiger partial charge in [-0.1, -0.05) is 48.5 Å². The fourth-order valence-corrected chi connectivity index (χ4v) is 2.34. The van der Waals surface area contributed by atoms with Crippen LogP contribution in [0.4, 0.5) is 0 Å². The number of hydrogen-bond donors (Lipinski definition) is 2. The van der Waals surface area contributed by atoms with E-state index in [1.54, 1.807) is 6.07 Å². The Morgan fingerprint density at radius 2 is 1.61 bits per heavy atom. The first-order valence-electron chi connectivity index (χ1n) is 7.75. The highest BCUT2D eigenvalue weighted by Gasteiger charge is 2.12. The number of benzene rings is 2. The quantitative estimate of drug-likeness (QED) is 0.861. The number of amides is 2. The van der Waals surface area contributed by atoms with Gasteiger partial charge in [-0.05, 0) is 37.5 Å². The van der Waals surface area contributed by atoms with Crippen molar-refractivity contribution in [1.82, 2.24) is 10.6 Å². The average Bonchev–Trinajstić information content (AvgIpc) is 2.53. The van der Waals surface area contributed by atoms with Crippen LogP contribution in [0.25, 0.3) is 0 Å². The Balaban J connectivity index is 2.04. The van der Waals surface area contributed by atoms with Gasteiger partial charge in [0.2, 0.25) is 5.91 Å². The Hall–Kier alpha value is -2.62. The first kappa shape index (κ1) is 16.7. The summed E-state index contributed by atoms with van der Waals surface area (Å²) in [5.41, 5.74) is 2.69. The number of carbonyl (C=O) groups excluding carboxylic acids is 2. The van der Waals surface area contributed by atoms with Crippen molar-refractivity contribution in [3.8, 4) is 0 Å². The van der Waals surface area contributed by atoms with Gasteiger partial charge < -0.3 is 10.6 Å². The molecule has 0 aliphatic heterocycles. The highest BCUT2D eigenvalue weighted by molar-refractivity contribution is 5.97. The van der Waals surface area contributed by atoms with E-state index < -0.39 is 0 Å². The molecule has 2 amide bonds. The SMILES string of the molecule is CC(C)NC(=O)CNC(=O)c1ccccc1Cc1ccccc1. The van der Waals surface area contributed by atoms with Gasteiger partial charge in [0.1, 0.15) is 0 Å². The summed E-state index contributed by atoms with van der Waals surface area (Å²) in [5, 5.41) is 5.43. The van der Waals surface area contributed by atoms with Crippen LogP contribution in [0.15, 0.2) is 54.6 Å². The van der Waals surface area contributed by atoms with E-state index in [2.05, 4.69) is 10.6 Å². The lowest BCUT2D eigenvalue weighted by Crippen LogP contribution is -2.40. The molecule has 0 saturated carbocycles. The molecule has 2 N–H and O–H groups in total. The van der Waals surface area contributed by atoms with Gasteiger partial charge in [-0.15, -0.1) is 0 Å². The average molecular weight is 310 g/mol. The maximum atomic E-state index is 12.4. The molecule has 0 bridgehead atoms. The Morgan fingerprint density at radius 1 is 0.957 bits per heavy atom. The number of hydrogen-bond acceptors (Lipinski definition) is 2. The van der Waals surface area contributed by atoms with E-state index in [1.807, 2.05) is 62.4 Å². The summed E-state index contributed by atoms with van der Waals surface area (Å²) in [4.78, 5) is 24.0. The highest BCUT2D eigenvalue weighted by Crippen LogP contribution is 2.14. The molecule has 4 nitrogen and oxygen atoms in total. The van der Waals surface area contributed by atoms with Gasteiger partial charge in [-0.25, -0.2) is 0 Å². The van der Waals surface area contributed by atoms with Crippen molar-refractivity contribution in [2.45, 2.75) is 26.3 Å². The van der Waals surface area contributed by atoms with Gasteiger partial charge >= 0.3 is 0 Å². The van der Waals surface area contributed by atoms with E-state index in [4.69, 9.17) is 0 Å². The third-order valence-corrected chi connectivity index (χ3v) is 3.36. The summed E-state index contributed by atoms with van der Waals surface area (Å²) in [6.45, 7) is 3.75. The van der Waals surface area contributed by atoms with E-state index in [1.165, 1.54) is 0 Å². The summed E-state index contributed by atoms with van der Waals surface area (Å²) >= 11 is 0. The van der Waals surface area contributed by atoms with Crippen molar-refractivity contribution in [1.29, 1.82) is 0 Å². The molecule has 2 rings (SSSR count). The van der Waals surface area contributed by atoms with Gasteiger partial charge in [0.05, 0.1) is 6.54 Å². The van der Waals surface area contributed by atoms with Crippen molar-refractivity contribution in [2.24, 2.45) is 0 Å². The predicted octanol–water partition coefficient (Wildman–Crippen LogP) is 2.53. The highest BCUT2D eigenvalue weighted by atomic mass is 16.2.